The van der Waals surface area contributed by atoms with Gasteiger partial charge in [-0.2, -0.15) is 0 Å². The summed E-state index contributed by atoms with van der Waals surface area (Å²) in [5, 5.41) is 3.43. The molecule has 1 heterocycles. The monoisotopic (exact) mass is 246 g/mol. The van der Waals surface area contributed by atoms with Crippen LogP contribution in [-0.2, 0) is 0 Å². The number of benzene rings is 1. The molecule has 0 radical (unpaired) electrons. The van der Waals surface area contributed by atoms with Gasteiger partial charge in [-0.25, -0.2) is 0 Å². The molecule has 1 N–H and O–H groups in total. The van der Waals surface area contributed by atoms with Gasteiger partial charge in [-0.05, 0) is 23.5 Å². The Kier molecular flexibility index (Phi) is 4.79. The first-order valence-electron chi connectivity index (χ1n) is 7.27. The van der Waals surface area contributed by atoms with Crippen LogP contribution in [0.1, 0.15) is 50.3 Å². The van der Waals surface area contributed by atoms with Crippen LogP contribution in [-0.4, -0.2) is 31.1 Å². The molecule has 0 aromatic heterocycles. The van der Waals surface area contributed by atoms with Crippen LogP contribution in [0.25, 0.3) is 0 Å². The van der Waals surface area contributed by atoms with E-state index in [0.717, 1.165) is 13.1 Å². The van der Waals surface area contributed by atoms with Crippen LogP contribution >= 0.6 is 0 Å². The lowest BCUT2D eigenvalue weighted by Crippen LogP contribution is -2.45. The van der Waals surface area contributed by atoms with Gasteiger partial charge in [0.15, 0.2) is 0 Å². The lowest BCUT2D eigenvalue weighted by molar-refractivity contribution is 0.169. The molecule has 1 atom stereocenters. The highest BCUT2D eigenvalue weighted by Crippen LogP contribution is 2.26. The van der Waals surface area contributed by atoms with Crippen molar-refractivity contribution in [2.45, 2.75) is 39.2 Å². The van der Waals surface area contributed by atoms with E-state index in [1.54, 1.807) is 0 Å². The third-order valence-corrected chi connectivity index (χ3v) is 3.97. The summed E-state index contributed by atoms with van der Waals surface area (Å²) in [5.74, 6) is 0.623. The van der Waals surface area contributed by atoms with Gasteiger partial charge in [0.1, 0.15) is 0 Å². The minimum atomic E-state index is 0.591. The Bertz CT molecular complexity index is 350. The number of piperazine rings is 1. The first kappa shape index (κ1) is 13.6. The normalized spacial score (nSPS) is 19.1. The van der Waals surface area contributed by atoms with Gasteiger partial charge >= 0.3 is 0 Å². The van der Waals surface area contributed by atoms with Crippen molar-refractivity contribution in [3.8, 4) is 0 Å². The summed E-state index contributed by atoms with van der Waals surface area (Å²) >= 11 is 0. The van der Waals surface area contributed by atoms with Crippen LogP contribution in [0.4, 0.5) is 0 Å². The molecule has 1 aliphatic heterocycles. The number of rotatable bonds is 4. The van der Waals surface area contributed by atoms with Gasteiger partial charge in [0.05, 0.1) is 0 Å². The average molecular weight is 246 g/mol. The average Bonchev–Trinajstić information content (AvgIpc) is 2.41. The fourth-order valence-electron chi connectivity index (χ4n) is 2.80. The first-order valence-corrected chi connectivity index (χ1v) is 7.27. The van der Waals surface area contributed by atoms with Crippen molar-refractivity contribution in [1.82, 2.24) is 10.2 Å². The summed E-state index contributed by atoms with van der Waals surface area (Å²) in [4.78, 5) is 2.61. The van der Waals surface area contributed by atoms with Crippen molar-refractivity contribution in [3.05, 3.63) is 35.4 Å². The number of nitrogens with zero attached hydrogens (tertiary/aromatic N) is 1. The van der Waals surface area contributed by atoms with E-state index in [0.29, 0.717) is 12.0 Å². The van der Waals surface area contributed by atoms with E-state index < -0.39 is 0 Å². The molecule has 100 valence electrons. The number of hydrogen-bond acceptors (Lipinski definition) is 2. The molecule has 0 amide bonds. The zero-order valence-corrected chi connectivity index (χ0v) is 11.9. The van der Waals surface area contributed by atoms with E-state index >= 15 is 0 Å². The quantitative estimate of drug-likeness (QED) is 0.878. The fourth-order valence-corrected chi connectivity index (χ4v) is 2.80. The molecule has 2 nitrogen and oxygen atoms in total. The van der Waals surface area contributed by atoms with Crippen LogP contribution in [0.5, 0.6) is 0 Å². The molecule has 0 aliphatic carbocycles. The third-order valence-electron chi connectivity index (χ3n) is 3.97. The van der Waals surface area contributed by atoms with E-state index in [1.807, 2.05) is 0 Å². The van der Waals surface area contributed by atoms with Gasteiger partial charge in [-0.15, -0.1) is 0 Å². The Balaban J connectivity index is 2.11. The summed E-state index contributed by atoms with van der Waals surface area (Å²) in [5.41, 5.74) is 2.91. The van der Waals surface area contributed by atoms with Gasteiger partial charge in [0, 0.05) is 32.2 Å². The Morgan fingerprint density at radius 1 is 1.06 bits per heavy atom. The van der Waals surface area contributed by atoms with Crippen LogP contribution < -0.4 is 5.32 Å². The highest BCUT2D eigenvalue weighted by atomic mass is 15.2. The zero-order valence-electron chi connectivity index (χ0n) is 11.9. The largest absolute Gasteiger partial charge is 0.314 e. The van der Waals surface area contributed by atoms with Gasteiger partial charge in [0.2, 0.25) is 0 Å². The molecule has 0 bridgehead atoms. The molecule has 2 heteroatoms. The lowest BCUT2D eigenvalue weighted by Gasteiger charge is -2.34. The Morgan fingerprint density at radius 2 is 1.61 bits per heavy atom. The van der Waals surface area contributed by atoms with Gasteiger partial charge in [-0.3, -0.25) is 4.90 Å². The van der Waals surface area contributed by atoms with Crippen LogP contribution in [0.2, 0.25) is 0 Å². The fraction of sp³-hybridized carbons (Fsp3) is 0.625. The summed E-state index contributed by atoms with van der Waals surface area (Å²) in [6.07, 6.45) is 1.20. The third kappa shape index (κ3) is 3.12. The summed E-state index contributed by atoms with van der Waals surface area (Å²) in [7, 11) is 0. The van der Waals surface area contributed by atoms with Crippen LogP contribution in [0.3, 0.4) is 0 Å². The second kappa shape index (κ2) is 6.35. The topological polar surface area (TPSA) is 15.3 Å². The molecule has 2 rings (SSSR count). The standard InChI is InChI=1S/C16H26N2/c1-4-16(18-11-9-17-10-12-18)15-7-5-14(6-8-15)13(2)3/h5-8,13,16-17H,4,9-12H2,1-3H3/t16-/m0/s1. The second-order valence-electron chi connectivity index (χ2n) is 5.53. The van der Waals surface area contributed by atoms with Crippen molar-refractivity contribution in [2.75, 3.05) is 26.2 Å². The predicted molar refractivity (Wildman–Crippen MR) is 78.0 cm³/mol. The summed E-state index contributed by atoms with van der Waals surface area (Å²) in [6, 6.07) is 9.83. The molecule has 1 aromatic rings. The van der Waals surface area contributed by atoms with Crippen LogP contribution in [0.15, 0.2) is 24.3 Å². The molecular formula is C16H26N2. The van der Waals surface area contributed by atoms with E-state index in [4.69, 9.17) is 0 Å². The Hall–Kier alpha value is -0.860. The minimum Gasteiger partial charge on any atom is -0.314 e. The van der Waals surface area contributed by atoms with Gasteiger partial charge < -0.3 is 5.32 Å². The van der Waals surface area contributed by atoms with Crippen molar-refractivity contribution in [2.24, 2.45) is 0 Å². The van der Waals surface area contributed by atoms with Crippen molar-refractivity contribution in [3.63, 3.8) is 0 Å². The molecule has 1 saturated heterocycles. The van der Waals surface area contributed by atoms with Crippen molar-refractivity contribution >= 4 is 0 Å². The molecule has 1 fully saturated rings. The Morgan fingerprint density at radius 3 is 2.11 bits per heavy atom. The first-order chi connectivity index (χ1) is 8.72. The van der Waals surface area contributed by atoms with E-state index in [2.05, 4.69) is 55.3 Å². The molecular weight excluding hydrogens is 220 g/mol. The highest BCUT2D eigenvalue weighted by molar-refractivity contribution is 5.27. The molecule has 0 unspecified atom stereocenters. The predicted octanol–water partition coefficient (Wildman–Crippen LogP) is 3.17. The lowest BCUT2D eigenvalue weighted by atomic mass is 9.97. The minimum absolute atomic E-state index is 0.591. The zero-order chi connectivity index (χ0) is 13.0. The van der Waals surface area contributed by atoms with E-state index in [1.165, 1.54) is 30.6 Å². The van der Waals surface area contributed by atoms with Crippen molar-refractivity contribution < 1.29 is 0 Å². The maximum absolute atomic E-state index is 3.43. The molecule has 1 aromatic carbocycles. The van der Waals surface area contributed by atoms with E-state index in [9.17, 15) is 0 Å². The van der Waals surface area contributed by atoms with Gasteiger partial charge in [0.25, 0.3) is 0 Å². The summed E-state index contributed by atoms with van der Waals surface area (Å²) < 4.78 is 0. The van der Waals surface area contributed by atoms with Crippen molar-refractivity contribution in [1.29, 1.82) is 0 Å². The second-order valence-corrected chi connectivity index (χ2v) is 5.53. The molecule has 18 heavy (non-hydrogen) atoms. The number of hydrogen-bond donors (Lipinski definition) is 1. The smallest absolute Gasteiger partial charge is 0.0346 e. The molecule has 0 spiro atoms. The maximum Gasteiger partial charge on any atom is 0.0346 e. The SMILES string of the molecule is CC[C@@H](c1ccc(C(C)C)cc1)N1CCNCC1. The molecule has 0 saturated carbocycles. The highest BCUT2D eigenvalue weighted by Gasteiger charge is 2.20. The van der Waals surface area contributed by atoms with Gasteiger partial charge in [-0.1, -0.05) is 45.0 Å². The Labute approximate surface area is 111 Å². The summed E-state index contributed by atoms with van der Waals surface area (Å²) in [6.45, 7) is 11.4. The van der Waals surface area contributed by atoms with E-state index in [-0.39, 0.29) is 0 Å². The number of nitrogens with one attached hydrogen (secondary N) is 1. The maximum atomic E-state index is 3.43. The molecule has 1 aliphatic rings. The van der Waals surface area contributed by atoms with Crippen LogP contribution in [0, 0.1) is 0 Å².